The molecule has 1 aromatic heterocycles. The summed E-state index contributed by atoms with van der Waals surface area (Å²) in [6.45, 7) is 2.22. The highest BCUT2D eigenvalue weighted by molar-refractivity contribution is 7.99. The molecule has 1 heterocycles. The van der Waals surface area contributed by atoms with Crippen LogP contribution in [0, 0.1) is 0 Å². The van der Waals surface area contributed by atoms with Crippen molar-refractivity contribution < 1.29 is 0 Å². The Morgan fingerprint density at radius 2 is 1.58 bits per heavy atom. The van der Waals surface area contributed by atoms with Gasteiger partial charge in [-0.1, -0.05) is 66.4 Å². The summed E-state index contributed by atoms with van der Waals surface area (Å²) in [4.78, 5) is 4.70. The summed E-state index contributed by atoms with van der Waals surface area (Å²) in [7, 11) is 0. The lowest BCUT2D eigenvalue weighted by Gasteiger charge is -2.11. The number of nitrogens with zero attached hydrogens (tertiary/aromatic N) is 1. The Labute approximate surface area is 117 Å². The van der Waals surface area contributed by atoms with Crippen LogP contribution in [0.5, 0.6) is 0 Å². The largest absolute Gasteiger partial charge is 0.241 e. The number of pyridine rings is 1. The Kier molecular flexibility index (Phi) is 3.51. The number of hydrogen-bond donors (Lipinski definition) is 0. The van der Waals surface area contributed by atoms with Crippen molar-refractivity contribution in [2.24, 2.45) is 0 Å². The second-order valence-electron chi connectivity index (χ2n) is 4.51. The van der Waals surface area contributed by atoms with Crippen molar-refractivity contribution in [1.82, 2.24) is 4.98 Å². The fraction of sp³-hybridized carbons (Fsp3) is 0.118. The Morgan fingerprint density at radius 1 is 0.842 bits per heavy atom. The zero-order valence-corrected chi connectivity index (χ0v) is 11.6. The first-order chi connectivity index (χ1) is 9.33. The molecule has 0 aliphatic carbocycles. The maximum absolute atomic E-state index is 4.70. The summed E-state index contributed by atoms with van der Waals surface area (Å²) in [5.74, 6) is 0. The molecule has 0 bridgehead atoms. The minimum absolute atomic E-state index is 0.412. The number of aromatic nitrogens is 1. The Morgan fingerprint density at radius 3 is 2.42 bits per heavy atom. The van der Waals surface area contributed by atoms with Gasteiger partial charge in [0, 0.05) is 10.6 Å². The average molecular weight is 265 g/mol. The standard InChI is InChI=1S/C17H15NS/c1-13(14-7-3-2-4-8-14)19-17-12-11-15-9-5-6-10-16(15)18-17/h2-13H,1H3/t13-/m0/s1. The molecule has 0 spiro atoms. The van der Waals surface area contributed by atoms with Gasteiger partial charge in [-0.3, -0.25) is 0 Å². The molecule has 0 fully saturated rings. The lowest BCUT2D eigenvalue weighted by molar-refractivity contribution is 1.08. The van der Waals surface area contributed by atoms with Gasteiger partial charge in [0.25, 0.3) is 0 Å². The van der Waals surface area contributed by atoms with Crippen LogP contribution in [0.15, 0.2) is 71.8 Å². The number of thioether (sulfide) groups is 1. The zero-order chi connectivity index (χ0) is 13.1. The summed E-state index contributed by atoms with van der Waals surface area (Å²) in [5.41, 5.74) is 2.40. The van der Waals surface area contributed by atoms with E-state index in [4.69, 9.17) is 4.98 Å². The predicted molar refractivity (Wildman–Crippen MR) is 82.5 cm³/mol. The quantitative estimate of drug-likeness (QED) is 0.612. The Hall–Kier alpha value is -1.80. The van der Waals surface area contributed by atoms with Gasteiger partial charge < -0.3 is 0 Å². The molecule has 0 unspecified atom stereocenters. The molecule has 0 radical (unpaired) electrons. The van der Waals surface area contributed by atoms with E-state index in [9.17, 15) is 0 Å². The van der Waals surface area contributed by atoms with Gasteiger partial charge in [-0.2, -0.15) is 0 Å². The molecule has 0 N–H and O–H groups in total. The lowest BCUT2D eigenvalue weighted by atomic mass is 10.2. The van der Waals surface area contributed by atoms with Gasteiger partial charge in [-0.25, -0.2) is 4.98 Å². The van der Waals surface area contributed by atoms with Crippen molar-refractivity contribution in [1.29, 1.82) is 0 Å². The molecule has 0 saturated carbocycles. The van der Waals surface area contributed by atoms with Crippen LogP contribution in [0.1, 0.15) is 17.7 Å². The predicted octanol–water partition coefficient (Wildman–Crippen LogP) is 5.09. The van der Waals surface area contributed by atoms with Crippen LogP contribution in [-0.2, 0) is 0 Å². The molecule has 3 aromatic rings. The molecular weight excluding hydrogens is 250 g/mol. The van der Waals surface area contributed by atoms with E-state index in [-0.39, 0.29) is 0 Å². The third-order valence-corrected chi connectivity index (χ3v) is 4.23. The zero-order valence-electron chi connectivity index (χ0n) is 10.8. The Balaban J connectivity index is 1.85. The maximum atomic E-state index is 4.70. The van der Waals surface area contributed by atoms with E-state index < -0.39 is 0 Å². The molecule has 94 valence electrons. The summed E-state index contributed by atoms with van der Waals surface area (Å²) >= 11 is 1.80. The normalized spacial score (nSPS) is 12.5. The van der Waals surface area contributed by atoms with E-state index in [1.54, 1.807) is 11.8 Å². The number of fused-ring (bicyclic) bond motifs is 1. The number of rotatable bonds is 3. The van der Waals surface area contributed by atoms with Gasteiger partial charge in [-0.15, -0.1) is 0 Å². The van der Waals surface area contributed by atoms with Crippen LogP contribution in [0.2, 0.25) is 0 Å². The molecule has 0 saturated heterocycles. The van der Waals surface area contributed by atoms with Gasteiger partial charge in [-0.05, 0) is 24.6 Å². The summed E-state index contributed by atoms with van der Waals surface area (Å²) < 4.78 is 0. The molecule has 3 rings (SSSR count). The molecule has 2 heteroatoms. The van der Waals surface area contributed by atoms with Crippen molar-refractivity contribution in [2.45, 2.75) is 17.2 Å². The van der Waals surface area contributed by atoms with Crippen LogP contribution in [0.3, 0.4) is 0 Å². The van der Waals surface area contributed by atoms with Crippen molar-refractivity contribution in [2.75, 3.05) is 0 Å². The molecule has 0 amide bonds. The summed E-state index contributed by atoms with van der Waals surface area (Å²) in [5, 5.41) is 2.68. The van der Waals surface area contributed by atoms with E-state index in [0.717, 1.165) is 10.5 Å². The number of hydrogen-bond acceptors (Lipinski definition) is 2. The average Bonchev–Trinajstić information content (AvgIpc) is 2.48. The molecule has 19 heavy (non-hydrogen) atoms. The molecule has 1 nitrogen and oxygen atoms in total. The highest BCUT2D eigenvalue weighted by Gasteiger charge is 2.08. The fourth-order valence-electron chi connectivity index (χ4n) is 2.09. The van der Waals surface area contributed by atoms with E-state index in [1.165, 1.54) is 10.9 Å². The van der Waals surface area contributed by atoms with E-state index in [0.29, 0.717) is 5.25 Å². The molecule has 2 aromatic carbocycles. The number of para-hydroxylation sites is 1. The van der Waals surface area contributed by atoms with Crippen LogP contribution >= 0.6 is 11.8 Å². The van der Waals surface area contributed by atoms with E-state index in [2.05, 4.69) is 61.5 Å². The van der Waals surface area contributed by atoms with Gasteiger partial charge in [0.05, 0.1) is 10.5 Å². The minimum atomic E-state index is 0.412. The van der Waals surface area contributed by atoms with Crippen molar-refractivity contribution in [3.8, 4) is 0 Å². The van der Waals surface area contributed by atoms with E-state index >= 15 is 0 Å². The minimum Gasteiger partial charge on any atom is -0.241 e. The molecule has 1 atom stereocenters. The second kappa shape index (κ2) is 5.45. The SMILES string of the molecule is C[C@H](Sc1ccc2ccccc2n1)c1ccccc1. The maximum Gasteiger partial charge on any atom is 0.0973 e. The van der Waals surface area contributed by atoms with Crippen LogP contribution in [0.4, 0.5) is 0 Å². The van der Waals surface area contributed by atoms with E-state index in [1.807, 2.05) is 12.1 Å². The topological polar surface area (TPSA) is 12.9 Å². The lowest BCUT2D eigenvalue weighted by Crippen LogP contribution is -1.89. The smallest absolute Gasteiger partial charge is 0.0973 e. The molecule has 0 aliphatic heterocycles. The first-order valence-corrected chi connectivity index (χ1v) is 7.28. The van der Waals surface area contributed by atoms with Crippen LogP contribution in [0.25, 0.3) is 10.9 Å². The Bertz CT molecular complexity index is 679. The van der Waals surface area contributed by atoms with Gasteiger partial charge >= 0.3 is 0 Å². The second-order valence-corrected chi connectivity index (χ2v) is 5.87. The first-order valence-electron chi connectivity index (χ1n) is 6.40. The highest BCUT2D eigenvalue weighted by atomic mass is 32.2. The van der Waals surface area contributed by atoms with Gasteiger partial charge in [0.2, 0.25) is 0 Å². The van der Waals surface area contributed by atoms with Crippen molar-refractivity contribution >= 4 is 22.7 Å². The summed E-state index contributed by atoms with van der Waals surface area (Å²) in [6.07, 6.45) is 0. The first kappa shape index (κ1) is 12.2. The fourth-order valence-corrected chi connectivity index (χ4v) is 3.04. The monoisotopic (exact) mass is 265 g/mol. The van der Waals surface area contributed by atoms with Crippen molar-refractivity contribution in [3.05, 3.63) is 72.3 Å². The van der Waals surface area contributed by atoms with Crippen LogP contribution in [-0.4, -0.2) is 4.98 Å². The van der Waals surface area contributed by atoms with Gasteiger partial charge in [0.15, 0.2) is 0 Å². The molecule has 0 aliphatic rings. The van der Waals surface area contributed by atoms with Gasteiger partial charge in [0.1, 0.15) is 0 Å². The third kappa shape index (κ3) is 2.79. The number of benzene rings is 2. The summed E-state index contributed by atoms with van der Waals surface area (Å²) in [6, 6.07) is 23.0. The van der Waals surface area contributed by atoms with Crippen molar-refractivity contribution in [3.63, 3.8) is 0 Å². The molecular formula is C17H15NS. The third-order valence-electron chi connectivity index (χ3n) is 3.14. The van der Waals surface area contributed by atoms with Crippen LogP contribution < -0.4 is 0 Å². The highest BCUT2D eigenvalue weighted by Crippen LogP contribution is 2.34.